The minimum atomic E-state index is -0.421. The Hall–Kier alpha value is -0.810. The Kier molecular flexibility index (Phi) is 6.76. The highest BCUT2D eigenvalue weighted by molar-refractivity contribution is 5.67. The summed E-state index contributed by atoms with van der Waals surface area (Å²) in [6.45, 7) is 13.9. The van der Waals surface area contributed by atoms with Crippen molar-refractivity contribution in [3.05, 3.63) is 0 Å². The first-order valence-electron chi connectivity index (χ1n) is 7.69. The summed E-state index contributed by atoms with van der Waals surface area (Å²) < 4.78 is 5.35. The van der Waals surface area contributed by atoms with Crippen molar-refractivity contribution in [1.29, 1.82) is 0 Å². The number of likely N-dealkylation sites (N-methyl/N-ethyl adjacent to an activating group) is 1. The molecule has 1 unspecified atom stereocenters. The Morgan fingerprint density at radius 1 is 1.45 bits per heavy atom. The maximum atomic E-state index is 11.8. The molecule has 0 aromatic heterocycles. The van der Waals surface area contributed by atoms with Gasteiger partial charge in [-0.3, -0.25) is 0 Å². The first-order valence-corrected chi connectivity index (χ1v) is 7.69. The van der Waals surface area contributed by atoms with Crippen molar-refractivity contribution in [3.8, 4) is 0 Å². The van der Waals surface area contributed by atoms with Crippen LogP contribution in [0.1, 0.15) is 34.1 Å². The smallest absolute Gasteiger partial charge is 0.410 e. The minimum absolute atomic E-state index is 0.235. The summed E-state index contributed by atoms with van der Waals surface area (Å²) in [6.07, 6.45) is 1.02. The lowest BCUT2D eigenvalue weighted by Crippen LogP contribution is -2.39. The van der Waals surface area contributed by atoms with Crippen LogP contribution in [0, 0.1) is 5.92 Å². The summed E-state index contributed by atoms with van der Waals surface area (Å²) in [5, 5.41) is 3.41. The molecule has 1 N–H and O–H groups in total. The number of nitrogens with zero attached hydrogens (tertiary/aromatic N) is 2. The molecule has 0 bridgehead atoms. The van der Waals surface area contributed by atoms with E-state index < -0.39 is 5.60 Å². The van der Waals surface area contributed by atoms with Crippen LogP contribution in [0.5, 0.6) is 0 Å². The third-order valence-corrected chi connectivity index (χ3v) is 3.51. The van der Waals surface area contributed by atoms with Crippen molar-refractivity contribution < 1.29 is 9.53 Å². The predicted molar refractivity (Wildman–Crippen MR) is 82.0 cm³/mol. The molecular formula is C15H31N3O2. The van der Waals surface area contributed by atoms with E-state index in [2.05, 4.69) is 17.1 Å². The Bertz CT molecular complexity index is 302. The molecule has 1 fully saturated rings. The number of carbonyl (C=O) groups excluding carboxylic acids is 1. The average Bonchev–Trinajstić information content (AvgIpc) is 2.79. The van der Waals surface area contributed by atoms with Crippen molar-refractivity contribution >= 4 is 6.09 Å². The Morgan fingerprint density at radius 3 is 2.75 bits per heavy atom. The van der Waals surface area contributed by atoms with E-state index in [0.29, 0.717) is 0 Å². The average molecular weight is 285 g/mol. The summed E-state index contributed by atoms with van der Waals surface area (Å²) in [4.78, 5) is 15.9. The van der Waals surface area contributed by atoms with Gasteiger partial charge in [-0.05, 0) is 52.7 Å². The second kappa shape index (κ2) is 7.84. The van der Waals surface area contributed by atoms with Crippen molar-refractivity contribution in [2.45, 2.75) is 39.7 Å². The molecule has 1 aliphatic heterocycles. The third-order valence-electron chi connectivity index (χ3n) is 3.51. The number of hydrogen-bond acceptors (Lipinski definition) is 4. The number of nitrogens with one attached hydrogen (secondary N) is 1. The van der Waals surface area contributed by atoms with Crippen LogP contribution in [-0.4, -0.2) is 67.8 Å². The van der Waals surface area contributed by atoms with Crippen LogP contribution in [0.15, 0.2) is 0 Å². The lowest BCUT2D eigenvalue weighted by atomic mass is 10.1. The summed E-state index contributed by atoms with van der Waals surface area (Å²) in [6, 6.07) is 0. The lowest BCUT2D eigenvalue weighted by molar-refractivity contribution is 0.0286. The molecule has 5 heteroatoms. The van der Waals surface area contributed by atoms with Crippen LogP contribution in [0.25, 0.3) is 0 Å². The summed E-state index contributed by atoms with van der Waals surface area (Å²) in [7, 11) is 1.81. The molecule has 0 aromatic rings. The van der Waals surface area contributed by atoms with Gasteiger partial charge in [0.2, 0.25) is 0 Å². The number of ether oxygens (including phenoxy) is 1. The number of amides is 1. The van der Waals surface area contributed by atoms with E-state index in [0.717, 1.165) is 45.2 Å². The first-order chi connectivity index (χ1) is 9.31. The Balaban J connectivity index is 2.22. The molecule has 1 atom stereocenters. The van der Waals surface area contributed by atoms with Gasteiger partial charge >= 0.3 is 6.09 Å². The van der Waals surface area contributed by atoms with Crippen LogP contribution in [0.3, 0.4) is 0 Å². The van der Waals surface area contributed by atoms with Gasteiger partial charge in [0.25, 0.3) is 0 Å². The summed E-state index contributed by atoms with van der Waals surface area (Å²) >= 11 is 0. The highest BCUT2D eigenvalue weighted by Gasteiger charge is 2.23. The zero-order valence-corrected chi connectivity index (χ0v) is 13.7. The van der Waals surface area contributed by atoms with E-state index >= 15 is 0 Å². The molecule has 1 rings (SSSR count). The highest BCUT2D eigenvalue weighted by Crippen LogP contribution is 2.15. The van der Waals surface area contributed by atoms with Gasteiger partial charge in [-0.2, -0.15) is 0 Å². The summed E-state index contributed by atoms with van der Waals surface area (Å²) in [5.74, 6) is 0.752. The SMILES string of the molecule is CCNCC1CCN(CCN(C)C(=O)OC(C)(C)C)C1. The van der Waals surface area contributed by atoms with Crippen molar-refractivity contribution in [3.63, 3.8) is 0 Å². The molecule has 0 aliphatic carbocycles. The van der Waals surface area contributed by atoms with Crippen LogP contribution < -0.4 is 5.32 Å². The fourth-order valence-electron chi connectivity index (χ4n) is 2.35. The van der Waals surface area contributed by atoms with E-state index in [1.165, 1.54) is 6.42 Å². The van der Waals surface area contributed by atoms with Crippen molar-refractivity contribution in [2.75, 3.05) is 46.3 Å². The number of carbonyl (C=O) groups is 1. The zero-order valence-electron chi connectivity index (χ0n) is 13.7. The Labute approximate surface area is 123 Å². The molecule has 0 aromatic carbocycles. The maximum absolute atomic E-state index is 11.8. The molecule has 118 valence electrons. The molecule has 20 heavy (non-hydrogen) atoms. The van der Waals surface area contributed by atoms with Crippen LogP contribution in [0.4, 0.5) is 4.79 Å². The van der Waals surface area contributed by atoms with Crippen LogP contribution >= 0.6 is 0 Å². The number of hydrogen-bond donors (Lipinski definition) is 1. The van der Waals surface area contributed by atoms with Crippen molar-refractivity contribution in [1.82, 2.24) is 15.1 Å². The van der Waals surface area contributed by atoms with E-state index in [4.69, 9.17) is 4.74 Å². The second-order valence-electron chi connectivity index (χ2n) is 6.66. The number of likely N-dealkylation sites (tertiary alicyclic amines) is 1. The van der Waals surface area contributed by atoms with Gasteiger partial charge < -0.3 is 19.9 Å². The van der Waals surface area contributed by atoms with Gasteiger partial charge in [0.05, 0.1) is 0 Å². The quantitative estimate of drug-likeness (QED) is 0.808. The standard InChI is InChI=1S/C15H31N3O2/c1-6-16-11-13-7-8-18(12-13)10-9-17(5)14(19)20-15(2,3)4/h13,16H,6-12H2,1-5H3. The maximum Gasteiger partial charge on any atom is 0.410 e. The fourth-order valence-corrected chi connectivity index (χ4v) is 2.35. The normalized spacial score (nSPS) is 20.1. The van der Waals surface area contributed by atoms with E-state index in [1.807, 2.05) is 20.8 Å². The lowest BCUT2D eigenvalue weighted by Gasteiger charge is -2.26. The van der Waals surface area contributed by atoms with Crippen LogP contribution in [-0.2, 0) is 4.74 Å². The second-order valence-corrected chi connectivity index (χ2v) is 6.66. The largest absolute Gasteiger partial charge is 0.444 e. The molecule has 1 amide bonds. The summed E-state index contributed by atoms with van der Waals surface area (Å²) in [5.41, 5.74) is -0.421. The number of rotatable bonds is 6. The molecule has 1 saturated heterocycles. The third kappa shape index (κ3) is 6.57. The Morgan fingerprint density at radius 2 is 2.15 bits per heavy atom. The molecule has 0 spiro atoms. The highest BCUT2D eigenvalue weighted by atomic mass is 16.6. The monoisotopic (exact) mass is 285 g/mol. The minimum Gasteiger partial charge on any atom is -0.444 e. The van der Waals surface area contributed by atoms with Gasteiger partial charge in [0.1, 0.15) is 5.60 Å². The fraction of sp³-hybridized carbons (Fsp3) is 0.933. The zero-order chi connectivity index (χ0) is 15.2. The first kappa shape index (κ1) is 17.2. The van der Waals surface area contributed by atoms with Gasteiger partial charge in [-0.25, -0.2) is 4.79 Å². The van der Waals surface area contributed by atoms with Gasteiger partial charge in [0.15, 0.2) is 0 Å². The van der Waals surface area contributed by atoms with Gasteiger partial charge in [-0.15, -0.1) is 0 Å². The molecule has 0 radical (unpaired) electrons. The van der Waals surface area contributed by atoms with Gasteiger partial charge in [-0.1, -0.05) is 6.92 Å². The molecule has 1 aliphatic rings. The van der Waals surface area contributed by atoms with Crippen molar-refractivity contribution in [2.24, 2.45) is 5.92 Å². The predicted octanol–water partition coefficient (Wildman–Crippen LogP) is 1.78. The van der Waals surface area contributed by atoms with E-state index in [9.17, 15) is 4.79 Å². The molecule has 1 heterocycles. The van der Waals surface area contributed by atoms with E-state index in [1.54, 1.807) is 11.9 Å². The van der Waals surface area contributed by atoms with Gasteiger partial charge in [0, 0.05) is 26.7 Å². The van der Waals surface area contributed by atoms with E-state index in [-0.39, 0.29) is 6.09 Å². The molecule has 5 nitrogen and oxygen atoms in total. The molecular weight excluding hydrogens is 254 g/mol. The molecule has 0 saturated carbocycles. The van der Waals surface area contributed by atoms with Crippen LogP contribution in [0.2, 0.25) is 0 Å². The topological polar surface area (TPSA) is 44.8 Å².